The molecule has 0 fully saturated rings. The van der Waals surface area contributed by atoms with Gasteiger partial charge in [0.1, 0.15) is 11.5 Å². The Morgan fingerprint density at radius 2 is 1.65 bits per heavy atom. The Labute approximate surface area is 102 Å². The molecule has 4 heteroatoms. The summed E-state index contributed by atoms with van der Waals surface area (Å²) in [6.07, 6.45) is 0. The molecule has 0 aliphatic carbocycles. The number of rotatable bonds is 5. The van der Waals surface area contributed by atoms with Crippen molar-refractivity contribution < 1.29 is 19.3 Å². The molecule has 0 radical (unpaired) electrons. The SMILES string of the molecule is COCc1cc(C(C)(C)O)c(OC)cc1OC. The maximum atomic E-state index is 10.1. The summed E-state index contributed by atoms with van der Waals surface area (Å²) < 4.78 is 15.6. The number of benzene rings is 1. The molecule has 0 aromatic heterocycles. The van der Waals surface area contributed by atoms with E-state index in [1.807, 2.05) is 6.07 Å². The molecule has 1 aromatic rings. The van der Waals surface area contributed by atoms with E-state index in [9.17, 15) is 5.11 Å². The van der Waals surface area contributed by atoms with Crippen LogP contribution >= 0.6 is 0 Å². The topological polar surface area (TPSA) is 47.9 Å². The van der Waals surface area contributed by atoms with Crippen molar-refractivity contribution >= 4 is 0 Å². The lowest BCUT2D eigenvalue weighted by molar-refractivity contribution is 0.0752. The van der Waals surface area contributed by atoms with E-state index < -0.39 is 5.60 Å². The van der Waals surface area contributed by atoms with Gasteiger partial charge >= 0.3 is 0 Å². The van der Waals surface area contributed by atoms with Gasteiger partial charge in [0.05, 0.1) is 26.4 Å². The average molecular weight is 240 g/mol. The first-order chi connectivity index (χ1) is 7.93. The van der Waals surface area contributed by atoms with Crippen LogP contribution < -0.4 is 9.47 Å². The Hall–Kier alpha value is -1.26. The standard InChI is InChI=1S/C13H20O4/c1-13(2,14)10-6-9(8-15-3)11(16-4)7-12(10)17-5/h6-7,14H,8H2,1-5H3. The second kappa shape index (κ2) is 5.38. The van der Waals surface area contributed by atoms with Gasteiger partial charge in [-0.15, -0.1) is 0 Å². The molecule has 0 saturated carbocycles. The Morgan fingerprint density at radius 1 is 1.06 bits per heavy atom. The van der Waals surface area contributed by atoms with E-state index in [4.69, 9.17) is 14.2 Å². The molecule has 1 aromatic carbocycles. The molecule has 0 bridgehead atoms. The van der Waals surface area contributed by atoms with E-state index in [1.54, 1.807) is 41.2 Å². The molecule has 96 valence electrons. The molecule has 1 N–H and O–H groups in total. The minimum absolute atomic E-state index is 0.427. The van der Waals surface area contributed by atoms with Crippen molar-refractivity contribution in [3.63, 3.8) is 0 Å². The van der Waals surface area contributed by atoms with Gasteiger partial charge < -0.3 is 19.3 Å². The normalized spacial score (nSPS) is 11.4. The van der Waals surface area contributed by atoms with Gasteiger partial charge in [-0.05, 0) is 19.9 Å². The van der Waals surface area contributed by atoms with Gasteiger partial charge in [0.25, 0.3) is 0 Å². The zero-order valence-electron chi connectivity index (χ0n) is 11.0. The number of aliphatic hydroxyl groups is 1. The van der Waals surface area contributed by atoms with Crippen molar-refractivity contribution in [3.05, 3.63) is 23.3 Å². The van der Waals surface area contributed by atoms with Gasteiger partial charge in [0, 0.05) is 24.3 Å². The predicted octanol–water partition coefficient (Wildman–Crippen LogP) is 2.08. The fourth-order valence-corrected chi connectivity index (χ4v) is 1.71. The fourth-order valence-electron chi connectivity index (χ4n) is 1.71. The van der Waals surface area contributed by atoms with Gasteiger partial charge in [-0.1, -0.05) is 0 Å². The molecule has 17 heavy (non-hydrogen) atoms. The van der Waals surface area contributed by atoms with E-state index in [1.165, 1.54) is 0 Å². The Kier molecular flexibility index (Phi) is 4.37. The summed E-state index contributed by atoms with van der Waals surface area (Å²) in [5.74, 6) is 1.30. The summed E-state index contributed by atoms with van der Waals surface area (Å²) in [7, 11) is 4.78. The second-order valence-electron chi connectivity index (χ2n) is 4.36. The van der Waals surface area contributed by atoms with Crippen LogP contribution in [0.15, 0.2) is 12.1 Å². The molecule has 0 aliphatic rings. The first kappa shape index (κ1) is 13.8. The van der Waals surface area contributed by atoms with E-state index in [0.717, 1.165) is 5.56 Å². The second-order valence-corrected chi connectivity index (χ2v) is 4.36. The first-order valence-corrected chi connectivity index (χ1v) is 5.40. The lowest BCUT2D eigenvalue weighted by Gasteiger charge is -2.23. The summed E-state index contributed by atoms with van der Waals surface area (Å²) in [5, 5.41) is 10.1. The molecule has 1 rings (SSSR count). The maximum Gasteiger partial charge on any atom is 0.128 e. The summed E-state index contributed by atoms with van der Waals surface area (Å²) in [6, 6.07) is 3.61. The van der Waals surface area contributed by atoms with Gasteiger partial charge in [0.15, 0.2) is 0 Å². The van der Waals surface area contributed by atoms with Gasteiger partial charge in [0.2, 0.25) is 0 Å². The van der Waals surface area contributed by atoms with Crippen molar-refractivity contribution in [2.24, 2.45) is 0 Å². The molecule has 0 spiro atoms. The molecule has 0 amide bonds. The molecule has 4 nitrogen and oxygen atoms in total. The number of hydrogen-bond donors (Lipinski definition) is 1. The molecule has 0 atom stereocenters. The molecule has 0 aliphatic heterocycles. The van der Waals surface area contributed by atoms with E-state index in [0.29, 0.717) is 23.7 Å². The zero-order chi connectivity index (χ0) is 13.1. The van der Waals surface area contributed by atoms with Crippen molar-refractivity contribution in [2.75, 3.05) is 21.3 Å². The van der Waals surface area contributed by atoms with Gasteiger partial charge in [-0.2, -0.15) is 0 Å². The highest BCUT2D eigenvalue weighted by molar-refractivity contribution is 5.48. The monoisotopic (exact) mass is 240 g/mol. The average Bonchev–Trinajstić information content (AvgIpc) is 2.27. The summed E-state index contributed by atoms with van der Waals surface area (Å²) in [5.41, 5.74) is 0.626. The number of ether oxygens (including phenoxy) is 3. The lowest BCUT2D eigenvalue weighted by Crippen LogP contribution is -2.17. The van der Waals surface area contributed by atoms with Crippen LogP contribution in [0.5, 0.6) is 11.5 Å². The summed E-state index contributed by atoms with van der Waals surface area (Å²) >= 11 is 0. The predicted molar refractivity (Wildman–Crippen MR) is 65.5 cm³/mol. The fraction of sp³-hybridized carbons (Fsp3) is 0.538. The van der Waals surface area contributed by atoms with Crippen molar-refractivity contribution in [3.8, 4) is 11.5 Å². The van der Waals surface area contributed by atoms with Crippen molar-refractivity contribution in [1.29, 1.82) is 0 Å². The van der Waals surface area contributed by atoms with E-state index in [2.05, 4.69) is 0 Å². The Morgan fingerprint density at radius 3 is 2.06 bits per heavy atom. The zero-order valence-corrected chi connectivity index (χ0v) is 11.0. The number of hydrogen-bond acceptors (Lipinski definition) is 4. The van der Waals surface area contributed by atoms with Crippen LogP contribution in [0.2, 0.25) is 0 Å². The lowest BCUT2D eigenvalue weighted by atomic mass is 9.95. The van der Waals surface area contributed by atoms with Gasteiger partial charge in [-0.25, -0.2) is 0 Å². The molecule has 0 saturated heterocycles. The third-order valence-electron chi connectivity index (χ3n) is 2.56. The third-order valence-corrected chi connectivity index (χ3v) is 2.56. The van der Waals surface area contributed by atoms with E-state index in [-0.39, 0.29) is 0 Å². The minimum atomic E-state index is -0.972. The molecular formula is C13H20O4. The highest BCUT2D eigenvalue weighted by Gasteiger charge is 2.23. The highest BCUT2D eigenvalue weighted by atomic mass is 16.5. The first-order valence-electron chi connectivity index (χ1n) is 5.40. The third kappa shape index (κ3) is 3.11. The largest absolute Gasteiger partial charge is 0.496 e. The van der Waals surface area contributed by atoms with Crippen LogP contribution in [-0.4, -0.2) is 26.4 Å². The van der Waals surface area contributed by atoms with Crippen LogP contribution in [0.25, 0.3) is 0 Å². The smallest absolute Gasteiger partial charge is 0.128 e. The van der Waals surface area contributed by atoms with Crippen LogP contribution in [0.3, 0.4) is 0 Å². The summed E-state index contributed by atoms with van der Waals surface area (Å²) in [6.45, 7) is 3.86. The van der Waals surface area contributed by atoms with E-state index >= 15 is 0 Å². The quantitative estimate of drug-likeness (QED) is 0.856. The van der Waals surface area contributed by atoms with Crippen LogP contribution in [0.1, 0.15) is 25.0 Å². The van der Waals surface area contributed by atoms with Crippen LogP contribution in [-0.2, 0) is 16.9 Å². The van der Waals surface area contributed by atoms with Crippen LogP contribution in [0.4, 0.5) is 0 Å². The minimum Gasteiger partial charge on any atom is -0.496 e. The Bertz CT molecular complexity index is 380. The van der Waals surface area contributed by atoms with Crippen LogP contribution in [0, 0.1) is 0 Å². The summed E-state index contributed by atoms with van der Waals surface area (Å²) in [4.78, 5) is 0. The molecule has 0 heterocycles. The van der Waals surface area contributed by atoms with Crippen molar-refractivity contribution in [1.82, 2.24) is 0 Å². The molecular weight excluding hydrogens is 220 g/mol. The van der Waals surface area contributed by atoms with Gasteiger partial charge in [-0.3, -0.25) is 0 Å². The molecule has 0 unspecified atom stereocenters. The Balaban J connectivity index is 3.34. The highest BCUT2D eigenvalue weighted by Crippen LogP contribution is 2.35. The maximum absolute atomic E-state index is 10.1. The van der Waals surface area contributed by atoms with Crippen molar-refractivity contribution in [2.45, 2.75) is 26.1 Å². The number of methoxy groups -OCH3 is 3.